The minimum atomic E-state index is -0.265. The first-order valence-corrected chi connectivity index (χ1v) is 10.9. The first kappa shape index (κ1) is 22.2. The molecule has 1 amide bonds. The normalized spacial score (nSPS) is 11.0. The Morgan fingerprint density at radius 1 is 1.03 bits per heavy atom. The van der Waals surface area contributed by atoms with E-state index >= 15 is 0 Å². The minimum Gasteiger partial charge on any atom is -0.484 e. The van der Waals surface area contributed by atoms with Crippen molar-refractivity contribution in [3.05, 3.63) is 100 Å². The van der Waals surface area contributed by atoms with Crippen molar-refractivity contribution in [2.24, 2.45) is 0 Å². The van der Waals surface area contributed by atoms with E-state index in [9.17, 15) is 9.59 Å². The third-order valence-corrected chi connectivity index (χ3v) is 5.37. The molecule has 0 unspecified atom stereocenters. The summed E-state index contributed by atoms with van der Waals surface area (Å²) in [6.45, 7) is 4.63. The summed E-state index contributed by atoms with van der Waals surface area (Å²) in [4.78, 5) is 29.4. The zero-order chi connectivity index (χ0) is 23.2. The first-order chi connectivity index (χ1) is 16.0. The van der Waals surface area contributed by atoms with Gasteiger partial charge in [0, 0.05) is 17.8 Å². The van der Waals surface area contributed by atoms with Crippen LogP contribution in [0.4, 0.5) is 0 Å². The first-order valence-electron chi connectivity index (χ1n) is 10.9. The molecule has 0 spiro atoms. The van der Waals surface area contributed by atoms with Gasteiger partial charge in [-0.1, -0.05) is 50.2 Å². The lowest BCUT2D eigenvalue weighted by atomic mass is 10.0. The highest BCUT2D eigenvalue weighted by molar-refractivity contribution is 5.84. The Kier molecular flexibility index (Phi) is 6.78. The van der Waals surface area contributed by atoms with Crippen molar-refractivity contribution >= 4 is 16.7 Å². The summed E-state index contributed by atoms with van der Waals surface area (Å²) in [5.74, 6) is 0.813. The smallest absolute Gasteiger partial charge is 0.274 e. The second-order valence-electron chi connectivity index (χ2n) is 8.11. The maximum Gasteiger partial charge on any atom is 0.274 e. The van der Waals surface area contributed by atoms with E-state index in [4.69, 9.17) is 4.74 Å². The van der Waals surface area contributed by atoms with Crippen LogP contribution in [0.1, 0.15) is 36.6 Å². The van der Waals surface area contributed by atoms with E-state index in [0.29, 0.717) is 29.3 Å². The quantitative estimate of drug-likeness (QED) is 0.450. The SMILES string of the molecule is CC(C)c1ccc(OCC(=O)NCc2nn(Cc3cccnc3)c(=O)c3ccccc23)cc1. The molecule has 0 aliphatic heterocycles. The molecule has 4 rings (SSSR count). The third kappa shape index (κ3) is 5.44. The van der Waals surface area contributed by atoms with Gasteiger partial charge in [0.15, 0.2) is 6.61 Å². The Balaban J connectivity index is 1.46. The molecule has 0 saturated carbocycles. The average Bonchev–Trinajstić information content (AvgIpc) is 2.84. The van der Waals surface area contributed by atoms with Gasteiger partial charge in [0.2, 0.25) is 0 Å². The molecule has 33 heavy (non-hydrogen) atoms. The standard InChI is InChI=1S/C26H26N4O3/c1-18(2)20-9-11-21(12-10-20)33-17-25(31)28-15-24-22-7-3-4-8-23(22)26(32)30(29-24)16-19-6-5-13-27-14-19/h3-14,18H,15-17H2,1-2H3,(H,28,31). The zero-order valence-electron chi connectivity index (χ0n) is 18.7. The maximum absolute atomic E-state index is 12.9. The van der Waals surface area contributed by atoms with Crippen LogP contribution in [0, 0.1) is 0 Å². The zero-order valence-corrected chi connectivity index (χ0v) is 18.7. The molecule has 2 aromatic carbocycles. The van der Waals surface area contributed by atoms with Crippen LogP contribution in [-0.2, 0) is 17.9 Å². The van der Waals surface area contributed by atoms with Crippen molar-refractivity contribution in [3.8, 4) is 5.75 Å². The molecular weight excluding hydrogens is 416 g/mol. The summed E-state index contributed by atoms with van der Waals surface area (Å²) in [6, 6.07) is 18.7. The van der Waals surface area contributed by atoms with Gasteiger partial charge >= 0.3 is 0 Å². The Bertz CT molecular complexity index is 1300. The molecule has 2 aromatic heterocycles. The number of ether oxygens (including phenoxy) is 1. The number of hydrogen-bond acceptors (Lipinski definition) is 5. The molecule has 0 aliphatic rings. The largest absolute Gasteiger partial charge is 0.484 e. The van der Waals surface area contributed by atoms with Crippen molar-refractivity contribution < 1.29 is 9.53 Å². The summed E-state index contributed by atoms with van der Waals surface area (Å²) >= 11 is 0. The molecule has 0 bridgehead atoms. The summed E-state index contributed by atoms with van der Waals surface area (Å²) in [7, 11) is 0. The van der Waals surface area contributed by atoms with E-state index in [1.54, 1.807) is 18.5 Å². The number of carbonyl (C=O) groups is 1. The average molecular weight is 443 g/mol. The van der Waals surface area contributed by atoms with Gasteiger partial charge < -0.3 is 10.1 Å². The number of hydrogen-bond donors (Lipinski definition) is 1. The topological polar surface area (TPSA) is 86.1 Å². The highest BCUT2D eigenvalue weighted by Gasteiger charge is 2.12. The van der Waals surface area contributed by atoms with Gasteiger partial charge in [-0.05, 0) is 41.3 Å². The van der Waals surface area contributed by atoms with E-state index < -0.39 is 0 Å². The Hall–Kier alpha value is -4.00. The van der Waals surface area contributed by atoms with E-state index in [1.807, 2.05) is 54.6 Å². The van der Waals surface area contributed by atoms with Crippen LogP contribution in [0.5, 0.6) is 5.75 Å². The molecule has 2 heterocycles. The molecule has 0 aliphatic carbocycles. The van der Waals surface area contributed by atoms with Gasteiger partial charge in [-0.15, -0.1) is 0 Å². The summed E-state index contributed by atoms with van der Waals surface area (Å²) in [5, 5.41) is 8.66. The highest BCUT2D eigenvalue weighted by Crippen LogP contribution is 2.18. The fourth-order valence-corrected chi connectivity index (χ4v) is 3.54. The molecule has 1 N–H and O–H groups in total. The molecule has 0 fully saturated rings. The van der Waals surface area contributed by atoms with Gasteiger partial charge in [0.1, 0.15) is 5.75 Å². The molecule has 0 saturated heterocycles. The van der Waals surface area contributed by atoms with Crippen LogP contribution >= 0.6 is 0 Å². The predicted octanol–water partition coefficient (Wildman–Crippen LogP) is 3.66. The van der Waals surface area contributed by atoms with E-state index in [2.05, 4.69) is 29.2 Å². The van der Waals surface area contributed by atoms with Crippen LogP contribution in [0.2, 0.25) is 0 Å². The van der Waals surface area contributed by atoms with Crippen LogP contribution < -0.4 is 15.6 Å². The number of fused-ring (bicyclic) bond motifs is 1. The van der Waals surface area contributed by atoms with Crippen molar-refractivity contribution in [1.29, 1.82) is 0 Å². The lowest BCUT2D eigenvalue weighted by Gasteiger charge is -2.12. The lowest BCUT2D eigenvalue weighted by Crippen LogP contribution is -2.31. The Labute approximate surface area is 192 Å². The van der Waals surface area contributed by atoms with Crippen molar-refractivity contribution in [1.82, 2.24) is 20.1 Å². The van der Waals surface area contributed by atoms with Gasteiger partial charge in [0.05, 0.1) is 24.2 Å². The molecule has 0 atom stereocenters. The second kappa shape index (κ2) is 10.1. The van der Waals surface area contributed by atoms with E-state index in [1.165, 1.54) is 10.2 Å². The van der Waals surface area contributed by atoms with Gasteiger partial charge in [-0.2, -0.15) is 5.10 Å². The van der Waals surface area contributed by atoms with Crippen molar-refractivity contribution in [2.75, 3.05) is 6.61 Å². The number of rotatable bonds is 8. The summed E-state index contributed by atoms with van der Waals surface area (Å²) < 4.78 is 7.02. The van der Waals surface area contributed by atoms with Gasteiger partial charge in [-0.25, -0.2) is 4.68 Å². The minimum absolute atomic E-state index is 0.103. The molecule has 4 aromatic rings. The number of aromatic nitrogens is 3. The highest BCUT2D eigenvalue weighted by atomic mass is 16.5. The molecule has 7 heteroatoms. The van der Waals surface area contributed by atoms with Gasteiger partial charge in [0.25, 0.3) is 11.5 Å². The number of nitrogens with one attached hydrogen (secondary N) is 1. The molecule has 7 nitrogen and oxygen atoms in total. The number of benzene rings is 2. The monoisotopic (exact) mass is 442 g/mol. The van der Waals surface area contributed by atoms with E-state index in [0.717, 1.165) is 10.9 Å². The molecule has 168 valence electrons. The fourth-order valence-electron chi connectivity index (χ4n) is 3.54. The maximum atomic E-state index is 12.9. The van der Waals surface area contributed by atoms with Crippen LogP contribution in [-0.4, -0.2) is 27.3 Å². The van der Waals surface area contributed by atoms with Crippen LogP contribution in [0.25, 0.3) is 10.8 Å². The summed E-state index contributed by atoms with van der Waals surface area (Å²) in [6.07, 6.45) is 3.39. The number of amides is 1. The fraction of sp³-hybridized carbons (Fsp3) is 0.231. The number of carbonyl (C=O) groups excluding carboxylic acids is 1. The predicted molar refractivity (Wildman–Crippen MR) is 127 cm³/mol. The second-order valence-corrected chi connectivity index (χ2v) is 8.11. The Morgan fingerprint density at radius 3 is 2.48 bits per heavy atom. The van der Waals surface area contributed by atoms with Crippen molar-refractivity contribution in [2.45, 2.75) is 32.9 Å². The van der Waals surface area contributed by atoms with E-state index in [-0.39, 0.29) is 24.6 Å². The third-order valence-electron chi connectivity index (χ3n) is 5.37. The summed E-state index contributed by atoms with van der Waals surface area (Å²) in [5.41, 5.74) is 2.52. The van der Waals surface area contributed by atoms with Crippen LogP contribution in [0.3, 0.4) is 0 Å². The number of nitrogens with zero attached hydrogens (tertiary/aromatic N) is 3. The number of pyridine rings is 1. The van der Waals surface area contributed by atoms with Crippen LogP contribution in [0.15, 0.2) is 77.9 Å². The molecular formula is C26H26N4O3. The molecule has 0 radical (unpaired) electrons. The Morgan fingerprint density at radius 2 is 1.79 bits per heavy atom. The lowest BCUT2D eigenvalue weighted by molar-refractivity contribution is -0.123. The van der Waals surface area contributed by atoms with Gasteiger partial charge in [-0.3, -0.25) is 14.6 Å². The van der Waals surface area contributed by atoms with Crippen molar-refractivity contribution in [3.63, 3.8) is 0 Å².